The second-order valence-electron chi connectivity index (χ2n) is 6.81. The normalized spacial score (nSPS) is 15.3. The highest BCUT2D eigenvalue weighted by Gasteiger charge is 2.23. The molecule has 0 radical (unpaired) electrons. The van der Waals surface area contributed by atoms with E-state index in [4.69, 9.17) is 0 Å². The molecule has 0 amide bonds. The topological polar surface area (TPSA) is 69.3 Å². The summed E-state index contributed by atoms with van der Waals surface area (Å²) < 4.78 is 26.5. The van der Waals surface area contributed by atoms with Gasteiger partial charge in [0.1, 0.15) is 0 Å². The summed E-state index contributed by atoms with van der Waals surface area (Å²) in [5.41, 5.74) is 3.83. The first-order chi connectivity index (χ1) is 12.5. The SMILES string of the molecule is CN(C)S(=O)(=O)c1ccc(N2CCCC2)c(-c2cc3ccncc3[nH]2)c1. The number of nitrogens with one attached hydrogen (secondary N) is 1. The number of fused-ring (bicyclic) bond motifs is 1. The molecular weight excluding hydrogens is 348 g/mol. The molecule has 0 saturated carbocycles. The Balaban J connectivity index is 1.91. The van der Waals surface area contributed by atoms with Crippen molar-refractivity contribution < 1.29 is 8.42 Å². The van der Waals surface area contributed by atoms with Gasteiger partial charge in [-0.2, -0.15) is 0 Å². The van der Waals surface area contributed by atoms with Gasteiger partial charge in [-0.25, -0.2) is 12.7 Å². The van der Waals surface area contributed by atoms with Crippen molar-refractivity contribution in [2.45, 2.75) is 17.7 Å². The van der Waals surface area contributed by atoms with E-state index in [0.717, 1.165) is 53.8 Å². The minimum absolute atomic E-state index is 0.303. The second kappa shape index (κ2) is 6.41. The van der Waals surface area contributed by atoms with Crippen LogP contribution in [0.15, 0.2) is 47.6 Å². The second-order valence-corrected chi connectivity index (χ2v) is 8.96. The first kappa shape index (κ1) is 17.1. The molecule has 1 aromatic carbocycles. The third-order valence-electron chi connectivity index (χ3n) is 4.91. The molecule has 0 aliphatic carbocycles. The van der Waals surface area contributed by atoms with Crippen LogP contribution in [0.1, 0.15) is 12.8 Å². The van der Waals surface area contributed by atoms with Crippen LogP contribution >= 0.6 is 0 Å². The van der Waals surface area contributed by atoms with Crippen molar-refractivity contribution in [2.75, 3.05) is 32.1 Å². The zero-order valence-electron chi connectivity index (χ0n) is 14.9. The highest BCUT2D eigenvalue weighted by atomic mass is 32.2. The van der Waals surface area contributed by atoms with Crippen LogP contribution in [0.5, 0.6) is 0 Å². The zero-order chi connectivity index (χ0) is 18.3. The lowest BCUT2D eigenvalue weighted by molar-refractivity contribution is 0.521. The first-order valence-corrected chi connectivity index (χ1v) is 10.2. The van der Waals surface area contributed by atoms with E-state index in [0.29, 0.717) is 4.90 Å². The molecule has 2 aromatic heterocycles. The molecule has 4 rings (SSSR count). The van der Waals surface area contributed by atoms with Crippen molar-refractivity contribution in [3.8, 4) is 11.3 Å². The lowest BCUT2D eigenvalue weighted by atomic mass is 10.1. The van der Waals surface area contributed by atoms with Crippen molar-refractivity contribution in [3.05, 3.63) is 42.7 Å². The van der Waals surface area contributed by atoms with E-state index in [2.05, 4.69) is 20.9 Å². The molecule has 0 unspecified atom stereocenters. The molecule has 3 aromatic rings. The Morgan fingerprint density at radius 3 is 2.58 bits per heavy atom. The molecule has 0 spiro atoms. The summed E-state index contributed by atoms with van der Waals surface area (Å²) in [4.78, 5) is 10.2. The smallest absolute Gasteiger partial charge is 0.242 e. The van der Waals surface area contributed by atoms with Crippen molar-refractivity contribution in [1.29, 1.82) is 0 Å². The summed E-state index contributed by atoms with van der Waals surface area (Å²) in [5.74, 6) is 0. The van der Waals surface area contributed by atoms with Crippen LogP contribution in [0.4, 0.5) is 5.69 Å². The minimum atomic E-state index is -3.49. The molecule has 1 aliphatic rings. The molecule has 26 heavy (non-hydrogen) atoms. The maximum absolute atomic E-state index is 12.6. The number of nitrogens with zero attached hydrogens (tertiary/aromatic N) is 3. The fourth-order valence-corrected chi connectivity index (χ4v) is 4.38. The summed E-state index contributed by atoms with van der Waals surface area (Å²) in [5, 5.41) is 1.06. The van der Waals surface area contributed by atoms with Crippen LogP contribution in [0.25, 0.3) is 22.2 Å². The van der Waals surface area contributed by atoms with Gasteiger partial charge in [-0.15, -0.1) is 0 Å². The quantitative estimate of drug-likeness (QED) is 0.766. The highest BCUT2D eigenvalue weighted by molar-refractivity contribution is 7.89. The Bertz CT molecular complexity index is 1020. The number of hydrogen-bond donors (Lipinski definition) is 1. The predicted octanol–water partition coefficient (Wildman–Crippen LogP) is 3.08. The molecule has 136 valence electrons. The predicted molar refractivity (Wildman–Crippen MR) is 104 cm³/mol. The number of aromatic amines is 1. The van der Waals surface area contributed by atoms with E-state index < -0.39 is 10.0 Å². The minimum Gasteiger partial charge on any atom is -0.371 e. The van der Waals surface area contributed by atoms with Crippen LogP contribution in [0.2, 0.25) is 0 Å². The Morgan fingerprint density at radius 2 is 1.88 bits per heavy atom. The standard InChI is InChI=1S/C19H22N4O2S/c1-22(2)26(24,25)15-5-6-19(23-9-3-4-10-23)16(12-15)17-11-14-7-8-20-13-18(14)21-17/h5-8,11-13,21H,3-4,9-10H2,1-2H3. The van der Waals surface area contributed by atoms with E-state index in [1.807, 2.05) is 12.1 Å². The number of pyridine rings is 1. The average Bonchev–Trinajstić information content (AvgIpc) is 3.30. The maximum atomic E-state index is 12.6. The van der Waals surface area contributed by atoms with Gasteiger partial charge in [-0.1, -0.05) is 0 Å². The maximum Gasteiger partial charge on any atom is 0.242 e. The molecular formula is C19H22N4O2S. The monoisotopic (exact) mass is 370 g/mol. The highest BCUT2D eigenvalue weighted by Crippen LogP contribution is 2.36. The summed E-state index contributed by atoms with van der Waals surface area (Å²) in [6, 6.07) is 9.42. The number of hydrogen-bond acceptors (Lipinski definition) is 4. The van der Waals surface area contributed by atoms with Gasteiger partial charge in [-0.3, -0.25) is 4.98 Å². The van der Waals surface area contributed by atoms with Crippen LogP contribution in [0.3, 0.4) is 0 Å². The van der Waals surface area contributed by atoms with Crippen molar-refractivity contribution >= 4 is 26.6 Å². The fourth-order valence-electron chi connectivity index (χ4n) is 3.45. The van der Waals surface area contributed by atoms with E-state index in [9.17, 15) is 8.42 Å². The number of rotatable bonds is 4. The van der Waals surface area contributed by atoms with Gasteiger partial charge in [0.2, 0.25) is 10.0 Å². The van der Waals surface area contributed by atoms with Crippen LogP contribution in [-0.2, 0) is 10.0 Å². The Morgan fingerprint density at radius 1 is 1.12 bits per heavy atom. The number of H-pyrrole nitrogens is 1. The summed E-state index contributed by atoms with van der Waals surface area (Å²) in [6.07, 6.45) is 5.87. The van der Waals surface area contributed by atoms with Gasteiger partial charge in [0.15, 0.2) is 0 Å². The molecule has 0 bridgehead atoms. The summed E-state index contributed by atoms with van der Waals surface area (Å²) in [7, 11) is -0.382. The third-order valence-corrected chi connectivity index (χ3v) is 6.72. The molecule has 3 heterocycles. The van der Waals surface area contributed by atoms with Gasteiger partial charge >= 0.3 is 0 Å². The van der Waals surface area contributed by atoms with E-state index in [1.165, 1.54) is 4.31 Å². The Hall–Kier alpha value is -2.38. The fraction of sp³-hybridized carbons (Fsp3) is 0.316. The van der Waals surface area contributed by atoms with Gasteiger partial charge in [0, 0.05) is 55.7 Å². The Labute approximate surface area is 153 Å². The van der Waals surface area contributed by atoms with Gasteiger partial charge in [-0.05, 0) is 43.2 Å². The number of sulfonamides is 1. The molecule has 1 aliphatic heterocycles. The first-order valence-electron chi connectivity index (χ1n) is 8.71. The van der Waals surface area contributed by atoms with Crippen molar-refractivity contribution in [1.82, 2.24) is 14.3 Å². The molecule has 1 saturated heterocycles. The Kier molecular flexibility index (Phi) is 4.20. The van der Waals surface area contributed by atoms with Gasteiger partial charge in [0.05, 0.1) is 16.6 Å². The van der Waals surface area contributed by atoms with Crippen LogP contribution in [-0.4, -0.2) is 49.9 Å². The molecule has 7 heteroatoms. The molecule has 6 nitrogen and oxygen atoms in total. The van der Waals surface area contributed by atoms with Crippen molar-refractivity contribution in [3.63, 3.8) is 0 Å². The van der Waals surface area contributed by atoms with Crippen LogP contribution < -0.4 is 4.90 Å². The van der Waals surface area contributed by atoms with E-state index in [1.54, 1.807) is 38.6 Å². The number of benzene rings is 1. The lowest BCUT2D eigenvalue weighted by Crippen LogP contribution is -2.23. The molecule has 0 atom stereocenters. The summed E-state index contributed by atoms with van der Waals surface area (Å²) in [6.45, 7) is 1.99. The molecule has 1 fully saturated rings. The lowest BCUT2D eigenvalue weighted by Gasteiger charge is -2.22. The van der Waals surface area contributed by atoms with Gasteiger partial charge < -0.3 is 9.88 Å². The zero-order valence-corrected chi connectivity index (χ0v) is 15.8. The van der Waals surface area contributed by atoms with Gasteiger partial charge in [0.25, 0.3) is 0 Å². The molecule has 1 N–H and O–H groups in total. The third kappa shape index (κ3) is 2.87. The van der Waals surface area contributed by atoms with E-state index >= 15 is 0 Å². The average molecular weight is 370 g/mol. The van der Waals surface area contributed by atoms with Crippen LogP contribution in [0, 0.1) is 0 Å². The number of aromatic nitrogens is 2. The van der Waals surface area contributed by atoms with Crippen molar-refractivity contribution in [2.24, 2.45) is 0 Å². The summed E-state index contributed by atoms with van der Waals surface area (Å²) >= 11 is 0. The van der Waals surface area contributed by atoms with E-state index in [-0.39, 0.29) is 0 Å². The largest absolute Gasteiger partial charge is 0.371 e. The number of anilines is 1.